The van der Waals surface area contributed by atoms with Crippen LogP contribution in [0, 0.1) is 0 Å². The van der Waals surface area contributed by atoms with Crippen LogP contribution in [-0.2, 0) is 16.6 Å². The lowest BCUT2D eigenvalue weighted by Crippen LogP contribution is -2.38. The van der Waals surface area contributed by atoms with Crippen molar-refractivity contribution in [3.05, 3.63) is 23.9 Å². The lowest BCUT2D eigenvalue weighted by molar-refractivity contribution is 0.281. The summed E-state index contributed by atoms with van der Waals surface area (Å²) in [7, 11) is -3.55. The van der Waals surface area contributed by atoms with Crippen molar-refractivity contribution in [2.45, 2.75) is 44.9 Å². The minimum atomic E-state index is -3.55. The van der Waals surface area contributed by atoms with Crippen LogP contribution >= 0.6 is 0 Å². The summed E-state index contributed by atoms with van der Waals surface area (Å²) in [6.45, 7) is 5.91. The van der Waals surface area contributed by atoms with Gasteiger partial charge in [0.25, 0.3) is 10.0 Å². The lowest BCUT2D eigenvalue weighted by atomic mass is 10.3. The Kier molecular flexibility index (Phi) is 5.25. The van der Waals surface area contributed by atoms with Crippen molar-refractivity contribution < 1.29 is 13.5 Å². The third-order valence-corrected chi connectivity index (χ3v) is 4.95. The highest BCUT2D eigenvalue weighted by molar-refractivity contribution is 7.89. The molecule has 5 nitrogen and oxygen atoms in total. The van der Waals surface area contributed by atoms with Gasteiger partial charge in [-0.05, 0) is 25.0 Å². The number of nitrogens with zero attached hydrogens (tertiary/aromatic N) is 2. The quantitative estimate of drug-likeness (QED) is 0.849. The van der Waals surface area contributed by atoms with Crippen LogP contribution in [0.4, 0.5) is 0 Å². The van der Waals surface area contributed by atoms with Crippen molar-refractivity contribution in [2.24, 2.45) is 0 Å². The summed E-state index contributed by atoms with van der Waals surface area (Å²) in [6, 6.07) is 2.95. The number of aliphatic hydroxyl groups excluding tert-OH is 1. The van der Waals surface area contributed by atoms with Crippen LogP contribution in [0.1, 0.15) is 32.8 Å². The van der Waals surface area contributed by atoms with Crippen molar-refractivity contribution >= 4 is 10.0 Å². The molecule has 1 heterocycles. The maximum atomic E-state index is 12.4. The van der Waals surface area contributed by atoms with E-state index in [0.29, 0.717) is 12.1 Å². The fourth-order valence-electron chi connectivity index (χ4n) is 1.70. The molecule has 0 aliphatic rings. The van der Waals surface area contributed by atoms with E-state index in [1.165, 1.54) is 16.6 Å². The van der Waals surface area contributed by atoms with Gasteiger partial charge < -0.3 is 5.11 Å². The third-order valence-electron chi connectivity index (χ3n) is 2.95. The van der Waals surface area contributed by atoms with Gasteiger partial charge in [0, 0.05) is 18.8 Å². The van der Waals surface area contributed by atoms with E-state index in [4.69, 9.17) is 5.11 Å². The first-order valence-corrected chi connectivity index (χ1v) is 7.49. The van der Waals surface area contributed by atoms with Crippen molar-refractivity contribution in [1.82, 2.24) is 9.29 Å². The molecule has 0 bridgehead atoms. The molecule has 1 rings (SSSR count). The highest BCUT2D eigenvalue weighted by atomic mass is 32.2. The third kappa shape index (κ3) is 3.07. The van der Waals surface area contributed by atoms with E-state index in [-0.39, 0.29) is 17.7 Å². The van der Waals surface area contributed by atoms with Crippen LogP contribution in [0.3, 0.4) is 0 Å². The molecule has 1 unspecified atom stereocenters. The maximum Gasteiger partial charge on any atom is 0.260 e. The van der Waals surface area contributed by atoms with Gasteiger partial charge in [0.1, 0.15) is 0 Å². The van der Waals surface area contributed by atoms with Gasteiger partial charge in [0.05, 0.1) is 6.61 Å². The normalized spacial score (nSPS) is 13.8. The number of pyridine rings is 1. The van der Waals surface area contributed by atoms with Crippen LogP contribution < -0.4 is 0 Å². The molecular formula is C12H20N2O3S. The van der Waals surface area contributed by atoms with Gasteiger partial charge >= 0.3 is 0 Å². The molecule has 0 aliphatic carbocycles. The highest BCUT2D eigenvalue weighted by Gasteiger charge is 2.27. The van der Waals surface area contributed by atoms with E-state index < -0.39 is 10.0 Å². The second-order valence-electron chi connectivity index (χ2n) is 4.13. The summed E-state index contributed by atoms with van der Waals surface area (Å²) in [4.78, 5) is 3.92. The van der Waals surface area contributed by atoms with Crippen LogP contribution in [-0.4, -0.2) is 35.4 Å². The Labute approximate surface area is 109 Å². The van der Waals surface area contributed by atoms with Crippen molar-refractivity contribution in [3.8, 4) is 0 Å². The van der Waals surface area contributed by atoms with E-state index in [1.807, 2.05) is 20.8 Å². The summed E-state index contributed by atoms with van der Waals surface area (Å²) >= 11 is 0. The number of hydrogen-bond acceptors (Lipinski definition) is 4. The van der Waals surface area contributed by atoms with Crippen LogP contribution in [0.2, 0.25) is 0 Å². The molecule has 0 radical (unpaired) electrons. The zero-order valence-corrected chi connectivity index (χ0v) is 11.8. The second-order valence-corrected chi connectivity index (χ2v) is 5.97. The molecule has 6 heteroatoms. The predicted octanol–water partition coefficient (Wildman–Crippen LogP) is 1.38. The molecule has 0 saturated heterocycles. The topological polar surface area (TPSA) is 70.5 Å². The predicted molar refractivity (Wildman–Crippen MR) is 69.5 cm³/mol. The number of aromatic nitrogens is 1. The van der Waals surface area contributed by atoms with Gasteiger partial charge in [0.2, 0.25) is 0 Å². The summed E-state index contributed by atoms with van der Waals surface area (Å²) in [5, 5.41) is 8.94. The first kappa shape index (κ1) is 15.1. The largest absolute Gasteiger partial charge is 0.392 e. The molecule has 18 heavy (non-hydrogen) atoms. The van der Waals surface area contributed by atoms with Gasteiger partial charge in [-0.1, -0.05) is 19.9 Å². The van der Waals surface area contributed by atoms with Gasteiger partial charge in [-0.25, -0.2) is 13.4 Å². The van der Waals surface area contributed by atoms with E-state index in [2.05, 4.69) is 4.98 Å². The lowest BCUT2D eigenvalue weighted by Gasteiger charge is -2.25. The first-order valence-electron chi connectivity index (χ1n) is 6.05. The monoisotopic (exact) mass is 272 g/mol. The van der Waals surface area contributed by atoms with E-state index >= 15 is 0 Å². The molecule has 0 aromatic carbocycles. The zero-order chi connectivity index (χ0) is 13.8. The first-order chi connectivity index (χ1) is 8.47. The number of hydrogen-bond donors (Lipinski definition) is 1. The zero-order valence-electron chi connectivity index (χ0n) is 11.0. The Balaban J connectivity index is 3.10. The van der Waals surface area contributed by atoms with Crippen molar-refractivity contribution in [2.75, 3.05) is 6.54 Å². The molecule has 0 amide bonds. The number of sulfonamides is 1. The molecule has 1 aromatic heterocycles. The maximum absolute atomic E-state index is 12.4. The fourth-order valence-corrected chi connectivity index (χ4v) is 3.33. The van der Waals surface area contributed by atoms with Crippen LogP contribution in [0.15, 0.2) is 23.4 Å². The van der Waals surface area contributed by atoms with Gasteiger partial charge in [-0.3, -0.25) is 0 Å². The van der Waals surface area contributed by atoms with Crippen LogP contribution in [0.25, 0.3) is 0 Å². The highest BCUT2D eigenvalue weighted by Crippen LogP contribution is 2.17. The minimum absolute atomic E-state index is 0.0295. The van der Waals surface area contributed by atoms with Crippen LogP contribution in [0.5, 0.6) is 0 Å². The molecule has 1 aromatic rings. The molecule has 0 aliphatic heterocycles. The molecule has 1 N–H and O–H groups in total. The standard InChI is InChI=1S/C12H20N2O3S/c1-4-10(3)14(5-2)18(16,17)12-7-6-11(9-15)8-13-12/h6-8,10,15H,4-5,9H2,1-3H3. The molecule has 0 spiro atoms. The van der Waals surface area contributed by atoms with Gasteiger partial charge in [-0.15, -0.1) is 0 Å². The Morgan fingerprint density at radius 1 is 1.39 bits per heavy atom. The average molecular weight is 272 g/mol. The minimum Gasteiger partial charge on any atom is -0.392 e. The number of aliphatic hydroxyl groups is 1. The van der Waals surface area contributed by atoms with Crippen molar-refractivity contribution in [3.63, 3.8) is 0 Å². The van der Waals surface area contributed by atoms with Crippen molar-refractivity contribution in [1.29, 1.82) is 0 Å². The molecule has 0 fully saturated rings. The summed E-state index contributed by atoms with van der Waals surface area (Å²) < 4.78 is 26.2. The summed E-state index contributed by atoms with van der Waals surface area (Å²) in [5.41, 5.74) is 0.598. The molecule has 0 saturated carbocycles. The van der Waals surface area contributed by atoms with Gasteiger partial charge in [-0.2, -0.15) is 4.31 Å². The Hall–Kier alpha value is -0.980. The van der Waals surface area contributed by atoms with E-state index in [9.17, 15) is 8.42 Å². The average Bonchev–Trinajstić information content (AvgIpc) is 2.39. The summed E-state index contributed by atoms with van der Waals surface area (Å²) in [5.74, 6) is 0. The van der Waals surface area contributed by atoms with E-state index in [1.54, 1.807) is 6.07 Å². The smallest absolute Gasteiger partial charge is 0.260 e. The van der Waals surface area contributed by atoms with E-state index in [0.717, 1.165) is 6.42 Å². The SMILES string of the molecule is CCC(C)N(CC)S(=O)(=O)c1ccc(CO)cn1. The Morgan fingerprint density at radius 3 is 2.44 bits per heavy atom. The summed E-state index contributed by atoms with van der Waals surface area (Å²) in [6.07, 6.45) is 2.14. The Bertz CT molecular complexity index is 471. The Morgan fingerprint density at radius 2 is 2.06 bits per heavy atom. The fraction of sp³-hybridized carbons (Fsp3) is 0.583. The molecule has 102 valence electrons. The second kappa shape index (κ2) is 6.26. The number of rotatable bonds is 6. The molecule has 1 atom stereocenters. The molecular weight excluding hydrogens is 252 g/mol. The van der Waals surface area contributed by atoms with Gasteiger partial charge in [0.15, 0.2) is 5.03 Å².